The molecule has 1 aliphatic heterocycles. The average Bonchev–Trinajstić information content (AvgIpc) is 3.11. The summed E-state index contributed by atoms with van der Waals surface area (Å²) in [6.07, 6.45) is 1.28. The number of hydrogen-bond donors (Lipinski definition) is 1. The van der Waals surface area contributed by atoms with Gasteiger partial charge in [-0.15, -0.1) is 0 Å². The van der Waals surface area contributed by atoms with E-state index in [1.54, 1.807) is 0 Å². The van der Waals surface area contributed by atoms with E-state index in [1.165, 1.54) is 12.3 Å². The molecule has 0 saturated carbocycles. The summed E-state index contributed by atoms with van der Waals surface area (Å²) < 4.78 is 0. The second kappa shape index (κ2) is 6.71. The number of para-hydroxylation sites is 1. The van der Waals surface area contributed by atoms with Crippen molar-refractivity contribution in [1.82, 2.24) is 14.9 Å². The molecule has 0 radical (unpaired) electrons. The number of aryl methyl sites for hydroxylation is 1. The molecule has 1 N–H and O–H groups in total. The highest BCUT2D eigenvalue weighted by Gasteiger charge is 2.25. The maximum atomic E-state index is 12.8. The molecule has 3 aromatic rings. The SMILES string of the molecule is Cc1cc([N+](=O)[O-])cnc1N1CCN(C(=O)c2cc3ccccc3[nH]2)CC1. The molecule has 0 spiro atoms. The molecule has 138 valence electrons. The first-order valence-corrected chi connectivity index (χ1v) is 8.76. The van der Waals surface area contributed by atoms with Gasteiger partial charge in [0.25, 0.3) is 11.6 Å². The smallest absolute Gasteiger partial charge is 0.287 e. The third-order valence-electron chi connectivity index (χ3n) is 4.87. The number of fused-ring (bicyclic) bond motifs is 1. The maximum Gasteiger partial charge on any atom is 0.287 e. The first-order chi connectivity index (χ1) is 13.0. The number of rotatable bonds is 3. The molecule has 0 bridgehead atoms. The van der Waals surface area contributed by atoms with Crippen molar-refractivity contribution in [3.8, 4) is 0 Å². The molecule has 27 heavy (non-hydrogen) atoms. The topological polar surface area (TPSA) is 95.4 Å². The van der Waals surface area contributed by atoms with Crippen molar-refractivity contribution in [2.45, 2.75) is 6.92 Å². The number of benzene rings is 1. The van der Waals surface area contributed by atoms with E-state index in [-0.39, 0.29) is 11.6 Å². The Morgan fingerprint density at radius 1 is 1.19 bits per heavy atom. The Morgan fingerprint density at radius 2 is 1.93 bits per heavy atom. The highest BCUT2D eigenvalue weighted by molar-refractivity contribution is 5.98. The standard InChI is InChI=1S/C19H19N5O3/c1-13-10-15(24(26)27)12-20-18(13)22-6-8-23(9-7-22)19(25)17-11-14-4-2-3-5-16(14)21-17/h2-5,10-12,21H,6-9H2,1H3. The molecule has 3 heterocycles. The van der Waals surface area contributed by atoms with Crippen LogP contribution in [0.1, 0.15) is 16.1 Å². The molecule has 2 aromatic heterocycles. The van der Waals surface area contributed by atoms with Gasteiger partial charge in [0.15, 0.2) is 0 Å². The summed E-state index contributed by atoms with van der Waals surface area (Å²) in [5, 5.41) is 11.9. The Balaban J connectivity index is 1.45. The van der Waals surface area contributed by atoms with Gasteiger partial charge in [0.1, 0.15) is 17.7 Å². The van der Waals surface area contributed by atoms with E-state index in [4.69, 9.17) is 0 Å². The van der Waals surface area contributed by atoms with Gasteiger partial charge in [0.2, 0.25) is 0 Å². The number of nitro groups is 1. The van der Waals surface area contributed by atoms with Crippen LogP contribution < -0.4 is 4.90 Å². The van der Waals surface area contributed by atoms with E-state index in [9.17, 15) is 14.9 Å². The fourth-order valence-corrected chi connectivity index (χ4v) is 3.46. The van der Waals surface area contributed by atoms with Gasteiger partial charge < -0.3 is 14.8 Å². The number of carbonyl (C=O) groups is 1. The number of amides is 1. The highest BCUT2D eigenvalue weighted by Crippen LogP contribution is 2.23. The fourth-order valence-electron chi connectivity index (χ4n) is 3.46. The molecule has 8 heteroatoms. The molecular formula is C19H19N5O3. The Bertz CT molecular complexity index is 988. The van der Waals surface area contributed by atoms with Crippen LogP contribution in [0.4, 0.5) is 11.5 Å². The lowest BCUT2D eigenvalue weighted by molar-refractivity contribution is -0.385. The molecule has 4 rings (SSSR count). The number of piperazine rings is 1. The van der Waals surface area contributed by atoms with E-state index >= 15 is 0 Å². The largest absolute Gasteiger partial charge is 0.353 e. The molecule has 0 unspecified atom stereocenters. The average molecular weight is 365 g/mol. The number of carbonyl (C=O) groups excluding carboxylic acids is 1. The first kappa shape index (κ1) is 17.0. The van der Waals surface area contributed by atoms with E-state index < -0.39 is 4.92 Å². The van der Waals surface area contributed by atoms with Gasteiger partial charge in [0.05, 0.1) is 4.92 Å². The van der Waals surface area contributed by atoms with Gasteiger partial charge in [0, 0.05) is 43.1 Å². The molecular weight excluding hydrogens is 346 g/mol. The van der Waals surface area contributed by atoms with E-state index in [1.807, 2.05) is 42.2 Å². The predicted octanol–water partition coefficient (Wildman–Crippen LogP) is 2.74. The van der Waals surface area contributed by atoms with Crippen LogP contribution in [0.2, 0.25) is 0 Å². The molecule has 0 aliphatic carbocycles. The van der Waals surface area contributed by atoms with E-state index in [0.29, 0.717) is 31.9 Å². The van der Waals surface area contributed by atoms with Crippen molar-refractivity contribution >= 4 is 28.3 Å². The quantitative estimate of drug-likeness (QED) is 0.569. The van der Waals surface area contributed by atoms with Crippen LogP contribution in [-0.4, -0.2) is 51.9 Å². The molecule has 1 aromatic carbocycles. The van der Waals surface area contributed by atoms with Gasteiger partial charge in [-0.1, -0.05) is 18.2 Å². The van der Waals surface area contributed by atoms with Crippen molar-refractivity contribution in [3.63, 3.8) is 0 Å². The minimum atomic E-state index is -0.444. The van der Waals surface area contributed by atoms with Crippen LogP contribution in [0, 0.1) is 17.0 Å². The van der Waals surface area contributed by atoms with Crippen LogP contribution in [0.25, 0.3) is 10.9 Å². The molecule has 1 fully saturated rings. The number of aromatic nitrogens is 2. The third kappa shape index (κ3) is 3.21. The minimum absolute atomic E-state index is 0.0103. The van der Waals surface area contributed by atoms with Crippen LogP contribution in [0.5, 0.6) is 0 Å². The number of hydrogen-bond acceptors (Lipinski definition) is 5. The molecule has 0 atom stereocenters. The van der Waals surface area contributed by atoms with Crippen molar-refractivity contribution in [3.05, 3.63) is 64.0 Å². The monoisotopic (exact) mass is 365 g/mol. The van der Waals surface area contributed by atoms with Gasteiger partial charge in [-0.3, -0.25) is 14.9 Å². The van der Waals surface area contributed by atoms with E-state index in [2.05, 4.69) is 14.9 Å². The summed E-state index contributed by atoms with van der Waals surface area (Å²) in [7, 11) is 0. The maximum absolute atomic E-state index is 12.8. The van der Waals surface area contributed by atoms with Crippen molar-refractivity contribution in [1.29, 1.82) is 0 Å². The normalized spacial score (nSPS) is 14.6. The van der Waals surface area contributed by atoms with Crippen LogP contribution in [-0.2, 0) is 0 Å². The predicted molar refractivity (Wildman–Crippen MR) is 102 cm³/mol. The van der Waals surface area contributed by atoms with Gasteiger partial charge >= 0.3 is 0 Å². The molecule has 8 nitrogen and oxygen atoms in total. The summed E-state index contributed by atoms with van der Waals surface area (Å²) in [6, 6.07) is 11.2. The zero-order valence-corrected chi connectivity index (χ0v) is 14.9. The van der Waals surface area contributed by atoms with Gasteiger partial charge in [-0.25, -0.2) is 4.98 Å². The number of pyridine rings is 1. The minimum Gasteiger partial charge on any atom is -0.353 e. The summed E-state index contributed by atoms with van der Waals surface area (Å²) in [5.41, 5.74) is 2.29. The van der Waals surface area contributed by atoms with Gasteiger partial charge in [-0.05, 0) is 24.6 Å². The van der Waals surface area contributed by atoms with Gasteiger partial charge in [-0.2, -0.15) is 0 Å². The van der Waals surface area contributed by atoms with Crippen molar-refractivity contribution in [2.24, 2.45) is 0 Å². The van der Waals surface area contributed by atoms with Crippen LogP contribution in [0.3, 0.4) is 0 Å². The lowest BCUT2D eigenvalue weighted by Crippen LogP contribution is -2.49. The Kier molecular flexibility index (Phi) is 4.23. The number of nitrogens with zero attached hydrogens (tertiary/aromatic N) is 4. The number of nitrogens with one attached hydrogen (secondary N) is 1. The Labute approximate surface area is 155 Å². The van der Waals surface area contributed by atoms with Crippen LogP contribution >= 0.6 is 0 Å². The first-order valence-electron chi connectivity index (χ1n) is 8.76. The number of anilines is 1. The fraction of sp³-hybridized carbons (Fsp3) is 0.263. The molecule has 1 aliphatic rings. The van der Waals surface area contributed by atoms with Crippen molar-refractivity contribution < 1.29 is 9.72 Å². The second-order valence-electron chi connectivity index (χ2n) is 6.64. The third-order valence-corrected chi connectivity index (χ3v) is 4.87. The molecule has 1 amide bonds. The van der Waals surface area contributed by atoms with Crippen LogP contribution in [0.15, 0.2) is 42.6 Å². The number of H-pyrrole nitrogens is 1. The lowest BCUT2D eigenvalue weighted by Gasteiger charge is -2.35. The van der Waals surface area contributed by atoms with E-state index in [0.717, 1.165) is 22.3 Å². The number of aromatic amines is 1. The Hall–Kier alpha value is -3.42. The molecule has 1 saturated heterocycles. The summed E-state index contributed by atoms with van der Waals surface area (Å²) in [6.45, 7) is 4.24. The summed E-state index contributed by atoms with van der Waals surface area (Å²) >= 11 is 0. The lowest BCUT2D eigenvalue weighted by atomic mass is 10.2. The van der Waals surface area contributed by atoms with Crippen molar-refractivity contribution in [2.75, 3.05) is 31.1 Å². The highest BCUT2D eigenvalue weighted by atomic mass is 16.6. The summed E-state index contributed by atoms with van der Waals surface area (Å²) in [5.74, 6) is 0.720. The summed E-state index contributed by atoms with van der Waals surface area (Å²) in [4.78, 5) is 34.5. The second-order valence-corrected chi connectivity index (χ2v) is 6.64. The Morgan fingerprint density at radius 3 is 2.59 bits per heavy atom. The zero-order valence-electron chi connectivity index (χ0n) is 14.9. The zero-order chi connectivity index (χ0) is 19.0.